The second kappa shape index (κ2) is 4.61. The molecule has 6 nitrogen and oxygen atoms in total. The molecule has 0 amide bonds. The van der Waals surface area contributed by atoms with Gasteiger partial charge in [-0.05, 0) is 15.8 Å². The first kappa shape index (κ1) is 12.0. The third-order valence-corrected chi connectivity index (χ3v) is 2.39. The van der Waals surface area contributed by atoms with Gasteiger partial charge in [-0.1, -0.05) is 32.5 Å². The van der Waals surface area contributed by atoms with E-state index in [0.717, 1.165) is 11.8 Å². The van der Waals surface area contributed by atoms with Gasteiger partial charge in [-0.15, -0.1) is 5.10 Å². The predicted octanol–water partition coefficient (Wildman–Crippen LogP) is 0.896. The normalized spacial score (nSPS) is 11.7. The van der Waals surface area contributed by atoms with Gasteiger partial charge in [0.15, 0.2) is 0 Å². The van der Waals surface area contributed by atoms with E-state index < -0.39 is 5.97 Å². The molecular weight excluding hydrogens is 216 g/mol. The lowest BCUT2D eigenvalue weighted by Crippen LogP contribution is -2.17. The van der Waals surface area contributed by atoms with E-state index in [9.17, 15) is 4.79 Å². The highest BCUT2D eigenvalue weighted by molar-refractivity contribution is 7.99. The third kappa shape index (κ3) is 4.28. The van der Waals surface area contributed by atoms with Crippen LogP contribution in [0, 0.1) is 5.41 Å². The average Bonchev–Trinajstić information content (AvgIpc) is 2.45. The average molecular weight is 230 g/mol. The lowest BCUT2D eigenvalue weighted by molar-refractivity contribution is -0.133. The Hall–Kier alpha value is -1.11. The SMILES string of the molecule is CC(C)(C)Cn1nnnc1SCC(=O)O. The number of rotatable bonds is 4. The summed E-state index contributed by atoms with van der Waals surface area (Å²) in [7, 11) is 0. The van der Waals surface area contributed by atoms with Gasteiger partial charge in [0, 0.05) is 0 Å². The van der Waals surface area contributed by atoms with Gasteiger partial charge in [-0.2, -0.15) is 0 Å². The Kier molecular flexibility index (Phi) is 3.67. The van der Waals surface area contributed by atoms with Crippen molar-refractivity contribution < 1.29 is 9.90 Å². The van der Waals surface area contributed by atoms with E-state index in [0.29, 0.717) is 11.7 Å². The molecule has 84 valence electrons. The molecule has 0 fully saturated rings. The molecule has 0 spiro atoms. The monoisotopic (exact) mass is 230 g/mol. The van der Waals surface area contributed by atoms with Crippen LogP contribution in [0.2, 0.25) is 0 Å². The first-order valence-electron chi connectivity index (χ1n) is 4.49. The van der Waals surface area contributed by atoms with Gasteiger partial charge in [0.2, 0.25) is 5.16 Å². The summed E-state index contributed by atoms with van der Waals surface area (Å²) in [5.41, 5.74) is 0.0634. The maximum absolute atomic E-state index is 10.4. The fourth-order valence-electron chi connectivity index (χ4n) is 0.975. The Labute approximate surface area is 92.0 Å². The van der Waals surface area contributed by atoms with Crippen LogP contribution < -0.4 is 0 Å². The van der Waals surface area contributed by atoms with Crippen LogP contribution in [-0.4, -0.2) is 37.0 Å². The number of aromatic nitrogens is 4. The highest BCUT2D eigenvalue weighted by Gasteiger charge is 2.16. The van der Waals surface area contributed by atoms with Crippen LogP contribution in [-0.2, 0) is 11.3 Å². The molecule has 1 aromatic rings. The van der Waals surface area contributed by atoms with Crippen molar-refractivity contribution in [2.24, 2.45) is 5.41 Å². The lowest BCUT2D eigenvalue weighted by atomic mass is 9.97. The third-order valence-electron chi connectivity index (χ3n) is 1.45. The smallest absolute Gasteiger partial charge is 0.313 e. The molecule has 1 rings (SSSR count). The summed E-state index contributed by atoms with van der Waals surface area (Å²) in [6.45, 7) is 6.88. The molecule has 0 bridgehead atoms. The summed E-state index contributed by atoms with van der Waals surface area (Å²) < 4.78 is 1.63. The Morgan fingerprint density at radius 2 is 2.20 bits per heavy atom. The van der Waals surface area contributed by atoms with E-state index in [1.807, 2.05) is 0 Å². The number of nitrogens with zero attached hydrogens (tertiary/aromatic N) is 4. The predicted molar refractivity (Wildman–Crippen MR) is 55.6 cm³/mol. The zero-order chi connectivity index (χ0) is 11.5. The van der Waals surface area contributed by atoms with Crippen molar-refractivity contribution in [2.45, 2.75) is 32.5 Å². The van der Waals surface area contributed by atoms with Crippen molar-refractivity contribution in [2.75, 3.05) is 5.75 Å². The molecule has 0 saturated heterocycles. The van der Waals surface area contributed by atoms with Crippen molar-refractivity contribution in [3.63, 3.8) is 0 Å². The molecule has 0 saturated carbocycles. The Morgan fingerprint density at radius 3 is 2.73 bits per heavy atom. The number of hydrogen-bond donors (Lipinski definition) is 1. The van der Waals surface area contributed by atoms with Crippen LogP contribution in [0.1, 0.15) is 20.8 Å². The summed E-state index contributed by atoms with van der Waals surface area (Å²) in [6, 6.07) is 0. The topological polar surface area (TPSA) is 80.9 Å². The molecule has 0 radical (unpaired) electrons. The number of carbonyl (C=O) groups is 1. The summed E-state index contributed by atoms with van der Waals surface area (Å²) in [5.74, 6) is -0.893. The van der Waals surface area contributed by atoms with Crippen LogP contribution in [0.5, 0.6) is 0 Å². The summed E-state index contributed by atoms with van der Waals surface area (Å²) in [6.07, 6.45) is 0. The van der Waals surface area contributed by atoms with E-state index in [4.69, 9.17) is 5.11 Å². The minimum absolute atomic E-state index is 0.0233. The summed E-state index contributed by atoms with van der Waals surface area (Å²) >= 11 is 1.13. The number of carboxylic acid groups (broad SMARTS) is 1. The highest BCUT2D eigenvalue weighted by atomic mass is 32.2. The highest BCUT2D eigenvalue weighted by Crippen LogP contribution is 2.20. The fraction of sp³-hybridized carbons (Fsp3) is 0.750. The summed E-state index contributed by atoms with van der Waals surface area (Å²) in [5, 5.41) is 20.2. The Morgan fingerprint density at radius 1 is 1.53 bits per heavy atom. The van der Waals surface area contributed by atoms with Gasteiger partial charge in [0.05, 0.1) is 12.3 Å². The molecule has 1 N–H and O–H groups in total. The van der Waals surface area contributed by atoms with Gasteiger partial charge in [-0.3, -0.25) is 4.79 Å². The molecule has 15 heavy (non-hydrogen) atoms. The van der Waals surface area contributed by atoms with Crippen LogP contribution in [0.25, 0.3) is 0 Å². The molecule has 0 aliphatic heterocycles. The van der Waals surface area contributed by atoms with Gasteiger partial charge < -0.3 is 5.11 Å². The number of tetrazole rings is 1. The Bertz CT molecular complexity index is 345. The quantitative estimate of drug-likeness (QED) is 0.774. The first-order chi connectivity index (χ1) is 6.88. The van der Waals surface area contributed by atoms with Crippen molar-refractivity contribution >= 4 is 17.7 Å². The second-order valence-corrected chi connectivity index (χ2v) is 5.30. The molecule has 0 unspecified atom stereocenters. The van der Waals surface area contributed by atoms with E-state index in [-0.39, 0.29) is 11.2 Å². The fourth-order valence-corrected chi connectivity index (χ4v) is 1.57. The van der Waals surface area contributed by atoms with Gasteiger partial charge in [0.1, 0.15) is 0 Å². The molecule has 1 heterocycles. The zero-order valence-corrected chi connectivity index (χ0v) is 9.78. The number of carboxylic acids is 1. The van der Waals surface area contributed by atoms with Gasteiger partial charge in [-0.25, -0.2) is 4.68 Å². The molecule has 0 aromatic carbocycles. The minimum atomic E-state index is -0.870. The summed E-state index contributed by atoms with van der Waals surface area (Å²) in [4.78, 5) is 10.4. The molecule has 7 heteroatoms. The van der Waals surface area contributed by atoms with Crippen molar-refractivity contribution in [1.82, 2.24) is 20.2 Å². The maximum atomic E-state index is 10.4. The number of hydrogen-bond acceptors (Lipinski definition) is 5. The molecule has 0 aliphatic rings. The lowest BCUT2D eigenvalue weighted by Gasteiger charge is -2.17. The van der Waals surface area contributed by atoms with E-state index in [1.54, 1.807) is 4.68 Å². The molecule has 0 aliphatic carbocycles. The first-order valence-corrected chi connectivity index (χ1v) is 5.48. The van der Waals surface area contributed by atoms with Gasteiger partial charge in [0.25, 0.3) is 0 Å². The Balaban J connectivity index is 2.65. The van der Waals surface area contributed by atoms with E-state index in [2.05, 4.69) is 36.3 Å². The second-order valence-electron chi connectivity index (χ2n) is 4.36. The van der Waals surface area contributed by atoms with E-state index in [1.165, 1.54) is 0 Å². The van der Waals surface area contributed by atoms with Crippen LogP contribution in [0.4, 0.5) is 0 Å². The minimum Gasteiger partial charge on any atom is -0.481 e. The van der Waals surface area contributed by atoms with Crippen LogP contribution >= 0.6 is 11.8 Å². The van der Waals surface area contributed by atoms with E-state index >= 15 is 0 Å². The van der Waals surface area contributed by atoms with Crippen molar-refractivity contribution in [1.29, 1.82) is 0 Å². The number of thioether (sulfide) groups is 1. The van der Waals surface area contributed by atoms with Gasteiger partial charge >= 0.3 is 5.97 Å². The number of aliphatic carboxylic acids is 1. The molecule has 0 atom stereocenters. The maximum Gasteiger partial charge on any atom is 0.313 e. The largest absolute Gasteiger partial charge is 0.481 e. The zero-order valence-electron chi connectivity index (χ0n) is 8.97. The van der Waals surface area contributed by atoms with Crippen molar-refractivity contribution in [3.05, 3.63) is 0 Å². The van der Waals surface area contributed by atoms with Crippen LogP contribution in [0.3, 0.4) is 0 Å². The molecule has 1 aromatic heterocycles. The van der Waals surface area contributed by atoms with Crippen molar-refractivity contribution in [3.8, 4) is 0 Å². The van der Waals surface area contributed by atoms with Crippen LogP contribution in [0.15, 0.2) is 5.16 Å². The standard InChI is InChI=1S/C8H14N4O2S/c1-8(2,3)5-12-7(9-10-11-12)15-4-6(13)14/h4-5H2,1-3H3,(H,13,14). The molecular formula is C8H14N4O2S.